The van der Waals surface area contributed by atoms with E-state index >= 15 is 0 Å². The summed E-state index contributed by atoms with van der Waals surface area (Å²) in [6.07, 6.45) is 1.40. The first-order chi connectivity index (χ1) is 14.0. The lowest BCUT2D eigenvalue weighted by Gasteiger charge is -2.14. The van der Waals surface area contributed by atoms with Crippen LogP contribution in [0.1, 0.15) is 27.2 Å². The van der Waals surface area contributed by atoms with Crippen molar-refractivity contribution in [3.05, 3.63) is 60.2 Å². The van der Waals surface area contributed by atoms with Crippen molar-refractivity contribution in [1.29, 1.82) is 0 Å². The predicted molar refractivity (Wildman–Crippen MR) is 140 cm³/mol. The maximum absolute atomic E-state index is 11.7. The van der Waals surface area contributed by atoms with E-state index < -0.39 is 0 Å². The average Bonchev–Trinajstić information content (AvgIpc) is 3.40. The molecule has 156 valence electrons. The fraction of sp³-hybridized carbons (Fsp3) is 0.429. The lowest BCUT2D eigenvalue weighted by molar-refractivity contribution is -0.108. The van der Waals surface area contributed by atoms with Crippen molar-refractivity contribution in [2.45, 2.75) is 26.6 Å². The van der Waals surface area contributed by atoms with Gasteiger partial charge in [-0.2, -0.15) is 0 Å². The molecule has 29 heavy (non-hydrogen) atoms. The quantitative estimate of drug-likeness (QED) is 0.366. The molecule has 0 spiro atoms. The Morgan fingerprint density at radius 2 is 1.48 bits per heavy atom. The summed E-state index contributed by atoms with van der Waals surface area (Å²) in [6, 6.07) is 9.05. The second-order valence-corrected chi connectivity index (χ2v) is 14.4. The highest BCUT2D eigenvalue weighted by Gasteiger charge is 2.30. The van der Waals surface area contributed by atoms with E-state index in [9.17, 15) is 9.59 Å². The van der Waals surface area contributed by atoms with Crippen LogP contribution in [0.25, 0.3) is 0 Å². The molecular weight excluding hydrogens is 477 g/mol. The van der Waals surface area contributed by atoms with Crippen LogP contribution in [0.3, 0.4) is 0 Å². The fourth-order valence-corrected chi connectivity index (χ4v) is 11.6. The van der Waals surface area contributed by atoms with E-state index in [4.69, 9.17) is 0 Å². The summed E-state index contributed by atoms with van der Waals surface area (Å²) in [5.41, 5.74) is 3.35. The van der Waals surface area contributed by atoms with Crippen LogP contribution < -0.4 is 0 Å². The summed E-state index contributed by atoms with van der Waals surface area (Å²) in [6.45, 7) is 9.03. The minimum Gasteiger partial charge on any atom is -0.282 e. The Hall–Kier alpha value is 0.140. The molecule has 1 aromatic carbocycles. The molecule has 0 amide bonds. The monoisotopic (exact) mass is 500 g/mol. The van der Waals surface area contributed by atoms with Crippen molar-refractivity contribution >= 4 is 80.8 Å². The number of carbonyl (C=O) groups is 2. The second kappa shape index (κ2) is 11.7. The predicted octanol–water partition coefficient (Wildman–Crippen LogP) is 6.66. The molecule has 4 unspecified atom stereocenters. The van der Waals surface area contributed by atoms with E-state index in [0.717, 1.165) is 23.0 Å². The number of carbonyl (C=O) groups excluding carboxylic acids is 2. The summed E-state index contributed by atoms with van der Waals surface area (Å²) in [5, 5.41) is 1.20. The first-order valence-corrected chi connectivity index (χ1v) is 15.2. The molecule has 2 aliphatic rings. The smallest absolute Gasteiger partial charge is 0.214 e. The van der Waals surface area contributed by atoms with Gasteiger partial charge in [0.2, 0.25) is 10.2 Å². The number of thioether (sulfide) groups is 6. The molecular formula is C21H24O2S6. The summed E-state index contributed by atoms with van der Waals surface area (Å²) >= 11 is 10.7. The van der Waals surface area contributed by atoms with E-state index in [0.29, 0.717) is 25.2 Å². The van der Waals surface area contributed by atoms with Crippen LogP contribution in [-0.2, 0) is 9.59 Å². The normalized spacial score (nSPS) is 26.4. The zero-order valence-electron chi connectivity index (χ0n) is 16.2. The van der Waals surface area contributed by atoms with Crippen molar-refractivity contribution in [2.75, 3.05) is 23.0 Å². The van der Waals surface area contributed by atoms with Crippen LogP contribution in [0.5, 0.6) is 0 Å². The lowest BCUT2D eigenvalue weighted by Crippen LogP contribution is -2.07. The molecule has 2 aliphatic heterocycles. The number of rotatable bonds is 8. The van der Waals surface area contributed by atoms with Crippen molar-refractivity contribution in [3.8, 4) is 0 Å². The molecule has 2 fully saturated rings. The highest BCUT2D eigenvalue weighted by atomic mass is 32.2. The summed E-state index contributed by atoms with van der Waals surface area (Å²) in [4.78, 5) is 23.2. The Morgan fingerprint density at radius 1 is 1.00 bits per heavy atom. The van der Waals surface area contributed by atoms with E-state index in [2.05, 4.69) is 37.4 Å². The van der Waals surface area contributed by atoms with Crippen LogP contribution in [0.15, 0.2) is 49.1 Å². The maximum Gasteiger partial charge on any atom is 0.214 e. The van der Waals surface area contributed by atoms with Gasteiger partial charge in [-0.05, 0) is 29.7 Å². The van der Waals surface area contributed by atoms with Gasteiger partial charge in [-0.1, -0.05) is 60.9 Å². The highest BCUT2D eigenvalue weighted by Crippen LogP contribution is 2.52. The summed E-state index contributed by atoms with van der Waals surface area (Å²) < 4.78 is 0.905. The van der Waals surface area contributed by atoms with E-state index in [1.807, 2.05) is 47.0 Å². The molecule has 3 rings (SSSR count). The van der Waals surface area contributed by atoms with Gasteiger partial charge < -0.3 is 0 Å². The van der Waals surface area contributed by atoms with Gasteiger partial charge >= 0.3 is 0 Å². The molecule has 0 bridgehead atoms. The first-order valence-electron chi connectivity index (χ1n) is 9.22. The topological polar surface area (TPSA) is 34.1 Å². The molecule has 2 saturated heterocycles. The van der Waals surface area contributed by atoms with Gasteiger partial charge in [0.15, 0.2) is 0 Å². The van der Waals surface area contributed by atoms with Crippen molar-refractivity contribution in [3.63, 3.8) is 0 Å². The van der Waals surface area contributed by atoms with Gasteiger partial charge in [0.25, 0.3) is 0 Å². The van der Waals surface area contributed by atoms with E-state index in [1.54, 1.807) is 6.92 Å². The third kappa shape index (κ3) is 7.07. The molecule has 0 radical (unpaired) electrons. The molecule has 0 aromatic heterocycles. The van der Waals surface area contributed by atoms with Crippen LogP contribution in [-0.4, -0.2) is 43.7 Å². The van der Waals surface area contributed by atoms with E-state index in [1.165, 1.54) is 40.7 Å². The summed E-state index contributed by atoms with van der Waals surface area (Å²) in [7, 11) is 0. The van der Waals surface area contributed by atoms with Crippen LogP contribution >= 0.6 is 70.6 Å². The van der Waals surface area contributed by atoms with Crippen LogP contribution in [0.2, 0.25) is 0 Å². The minimum absolute atomic E-state index is 0.0654. The highest BCUT2D eigenvalue weighted by molar-refractivity contribution is 8.21. The molecule has 0 aliphatic carbocycles. The molecule has 2 nitrogen and oxygen atoms in total. The molecule has 0 saturated carbocycles. The Morgan fingerprint density at radius 3 is 1.93 bits per heavy atom. The van der Waals surface area contributed by atoms with Gasteiger partial charge in [-0.25, -0.2) is 0 Å². The zero-order valence-corrected chi connectivity index (χ0v) is 21.1. The minimum atomic E-state index is 0.0654. The number of benzene rings is 1. The van der Waals surface area contributed by atoms with Gasteiger partial charge in [-0.3, -0.25) is 9.59 Å². The molecule has 1 aromatic rings. The Labute approximate surface area is 199 Å². The lowest BCUT2D eigenvalue weighted by atomic mass is 10.2. The van der Waals surface area contributed by atoms with Crippen molar-refractivity contribution in [2.24, 2.45) is 0 Å². The Kier molecular flexibility index (Phi) is 9.58. The Bertz CT molecular complexity index is 763. The fourth-order valence-electron chi connectivity index (χ4n) is 2.76. The van der Waals surface area contributed by atoms with Crippen molar-refractivity contribution < 1.29 is 9.59 Å². The number of hydrogen-bond donors (Lipinski definition) is 0. The van der Waals surface area contributed by atoms with Gasteiger partial charge in [0.05, 0.1) is 9.16 Å². The molecule has 2 heterocycles. The largest absolute Gasteiger partial charge is 0.282 e. The maximum atomic E-state index is 11.7. The molecule has 0 N–H and O–H groups in total. The van der Waals surface area contributed by atoms with Gasteiger partial charge in [0.1, 0.15) is 0 Å². The van der Waals surface area contributed by atoms with Crippen LogP contribution in [0.4, 0.5) is 0 Å². The standard InChI is InChI=1S/C21H24O2S6/c1-4-18(22)24-9-16-11-26-20(28-16)14-5-7-15(8-6-14)21-27-12-17(29-21)10-25-19(23)13(2)3/h4-8,16-17,20-21H,1-2,9-12H2,3H3. The van der Waals surface area contributed by atoms with Crippen LogP contribution in [0, 0.1) is 0 Å². The third-order valence-electron chi connectivity index (χ3n) is 4.31. The van der Waals surface area contributed by atoms with Crippen molar-refractivity contribution in [1.82, 2.24) is 0 Å². The SMILES string of the molecule is C=CC(=O)SCC1CSC(c2ccc(C3SCC(CSC(=O)C(=C)C)S3)cc2)S1. The van der Waals surface area contributed by atoms with Gasteiger partial charge in [-0.15, -0.1) is 47.0 Å². The average molecular weight is 501 g/mol. The summed E-state index contributed by atoms with van der Waals surface area (Å²) in [5.74, 6) is 3.90. The first kappa shape index (κ1) is 23.8. The third-order valence-corrected chi connectivity index (χ3v) is 13.6. The van der Waals surface area contributed by atoms with Gasteiger partial charge in [0, 0.05) is 33.5 Å². The zero-order chi connectivity index (χ0) is 20.8. The number of hydrogen-bond acceptors (Lipinski definition) is 8. The Balaban J connectivity index is 1.47. The van der Waals surface area contributed by atoms with E-state index in [-0.39, 0.29) is 10.2 Å². The molecule has 8 heteroatoms. The molecule has 4 atom stereocenters. The second-order valence-electron chi connectivity index (χ2n) is 6.73.